The summed E-state index contributed by atoms with van der Waals surface area (Å²) >= 11 is 0. The number of aromatic nitrogens is 2. The summed E-state index contributed by atoms with van der Waals surface area (Å²) in [5, 5.41) is 28.7. The van der Waals surface area contributed by atoms with Gasteiger partial charge in [-0.05, 0) is 38.8 Å². The first-order chi connectivity index (χ1) is 14.7. The van der Waals surface area contributed by atoms with Gasteiger partial charge < -0.3 is 20.7 Å². The lowest BCUT2D eigenvalue weighted by Crippen LogP contribution is -2.34. The van der Waals surface area contributed by atoms with Crippen LogP contribution in [-0.2, 0) is 4.84 Å². The number of nitrogens with one attached hydrogen (secondary N) is 1. The Bertz CT molecular complexity index is 999. The van der Waals surface area contributed by atoms with E-state index >= 15 is 0 Å². The first-order valence-corrected chi connectivity index (χ1v) is 9.83. The van der Waals surface area contributed by atoms with Crippen LogP contribution in [0.15, 0.2) is 24.3 Å². The lowest BCUT2D eigenvalue weighted by Gasteiger charge is -2.19. The number of anilines is 1. The minimum Gasteiger partial charge on any atom is -0.474 e. The van der Waals surface area contributed by atoms with Gasteiger partial charge in [0.05, 0.1) is 23.3 Å². The summed E-state index contributed by atoms with van der Waals surface area (Å²) in [6.07, 6.45) is 0.758. The number of benzene rings is 1. The van der Waals surface area contributed by atoms with Crippen molar-refractivity contribution in [2.24, 2.45) is 0 Å². The Balaban J connectivity index is 1.94. The number of ether oxygens (including phenoxy) is 1. The van der Waals surface area contributed by atoms with Crippen LogP contribution in [0.4, 0.5) is 5.82 Å². The molecule has 0 aliphatic heterocycles. The number of amides is 1. The second-order valence-corrected chi connectivity index (χ2v) is 8.04. The average Bonchev–Trinajstić information content (AvgIpc) is 3.11. The molecule has 0 radical (unpaired) electrons. The summed E-state index contributed by atoms with van der Waals surface area (Å²) in [5.41, 5.74) is 7.99. The molecule has 0 unspecified atom stereocenters. The molecule has 31 heavy (non-hydrogen) atoms. The van der Waals surface area contributed by atoms with E-state index in [0.717, 1.165) is 0 Å². The molecule has 1 aromatic carbocycles. The van der Waals surface area contributed by atoms with E-state index in [-0.39, 0.29) is 35.8 Å². The first kappa shape index (κ1) is 22.4. The Morgan fingerprint density at radius 2 is 2.16 bits per heavy atom. The van der Waals surface area contributed by atoms with Gasteiger partial charge in [-0.3, -0.25) is 9.63 Å². The predicted octanol–water partition coefficient (Wildman–Crippen LogP) is 1.32. The number of nitrogens with zero attached hydrogens (tertiary/aromatic N) is 3. The number of hydroxylamine groups is 1. The number of nitrogens with two attached hydrogens (primary N) is 1. The number of aliphatic hydroxyl groups excluding tert-OH is 1. The van der Waals surface area contributed by atoms with Gasteiger partial charge in [-0.1, -0.05) is 12.1 Å². The van der Waals surface area contributed by atoms with Crippen molar-refractivity contribution in [3.63, 3.8) is 0 Å². The third-order valence-corrected chi connectivity index (χ3v) is 4.61. The summed E-state index contributed by atoms with van der Waals surface area (Å²) in [5.74, 6) is -0.719. The minimum absolute atomic E-state index is 0.0479. The number of aliphatic hydroxyl groups is 2. The minimum atomic E-state index is -1.15. The maximum Gasteiger partial charge on any atom is 0.284 e. The normalized spacial score (nSPS) is 18.4. The lowest BCUT2D eigenvalue weighted by molar-refractivity contribution is -0.0523. The highest BCUT2D eigenvalue weighted by atomic mass is 16.7. The van der Waals surface area contributed by atoms with E-state index in [0.29, 0.717) is 30.4 Å². The monoisotopic (exact) mass is 427 g/mol. The maximum absolute atomic E-state index is 12.7. The molecule has 0 bridgehead atoms. The second-order valence-electron chi connectivity index (χ2n) is 8.04. The Morgan fingerprint density at radius 3 is 2.81 bits per heavy atom. The van der Waals surface area contributed by atoms with Crippen molar-refractivity contribution in [3.05, 3.63) is 35.4 Å². The van der Waals surface area contributed by atoms with E-state index in [1.54, 1.807) is 24.3 Å². The number of rotatable bonds is 7. The molecule has 3 rings (SSSR count). The van der Waals surface area contributed by atoms with E-state index in [1.165, 1.54) is 13.8 Å². The number of nitriles is 1. The van der Waals surface area contributed by atoms with Gasteiger partial charge in [0.15, 0.2) is 5.82 Å². The molecule has 1 aliphatic rings. The second kappa shape index (κ2) is 9.26. The third kappa shape index (κ3) is 5.88. The van der Waals surface area contributed by atoms with Crippen molar-refractivity contribution < 1.29 is 24.6 Å². The summed E-state index contributed by atoms with van der Waals surface area (Å²) in [6.45, 7) is 2.91. The lowest BCUT2D eigenvalue weighted by atomic mass is 10.1. The summed E-state index contributed by atoms with van der Waals surface area (Å²) in [4.78, 5) is 26.4. The number of carbonyl (C=O) groups excluding carboxylic acids is 1. The summed E-state index contributed by atoms with van der Waals surface area (Å²) < 4.78 is 5.92. The van der Waals surface area contributed by atoms with Crippen molar-refractivity contribution in [2.75, 3.05) is 12.3 Å². The number of hydrogen-bond acceptors (Lipinski definition) is 9. The standard InChI is InChI=1S/C21H25N5O5/c1-21(2,29)11-30-26-19(28)16-17(23)24-18(13-5-3-4-12(8-13)10-22)25-20(16)31-15-7-6-14(27)9-15/h3-5,8,14-15,27,29H,6-7,9,11H2,1-2H3,(H,26,28)(H2,23,24,25)/t14-,15+/m1/s1. The number of nitrogen functional groups attached to an aromatic ring is 1. The molecule has 2 aromatic rings. The van der Waals surface area contributed by atoms with Gasteiger partial charge in [0, 0.05) is 12.0 Å². The van der Waals surface area contributed by atoms with Gasteiger partial charge in [0.25, 0.3) is 5.91 Å². The largest absolute Gasteiger partial charge is 0.474 e. The van der Waals surface area contributed by atoms with Crippen LogP contribution in [0.2, 0.25) is 0 Å². The molecule has 1 fully saturated rings. The van der Waals surface area contributed by atoms with E-state index < -0.39 is 17.6 Å². The van der Waals surface area contributed by atoms with Crippen LogP contribution in [-0.4, -0.2) is 50.5 Å². The zero-order valence-electron chi connectivity index (χ0n) is 17.3. The molecule has 1 aromatic heterocycles. The number of carbonyl (C=O) groups is 1. The van der Waals surface area contributed by atoms with Crippen LogP contribution in [0.3, 0.4) is 0 Å². The van der Waals surface area contributed by atoms with Crippen molar-refractivity contribution in [2.45, 2.75) is 50.9 Å². The van der Waals surface area contributed by atoms with Gasteiger partial charge in [-0.25, -0.2) is 10.5 Å². The van der Waals surface area contributed by atoms with Crippen LogP contribution in [0.1, 0.15) is 49.0 Å². The maximum atomic E-state index is 12.7. The zero-order chi connectivity index (χ0) is 22.6. The highest BCUT2D eigenvalue weighted by molar-refractivity contribution is 6.00. The first-order valence-electron chi connectivity index (χ1n) is 9.83. The summed E-state index contributed by atoms with van der Waals surface area (Å²) in [6, 6.07) is 8.69. The smallest absolute Gasteiger partial charge is 0.284 e. The fraction of sp³-hybridized carbons (Fsp3) is 0.429. The molecule has 1 aliphatic carbocycles. The highest BCUT2D eigenvalue weighted by Gasteiger charge is 2.29. The zero-order valence-corrected chi connectivity index (χ0v) is 17.3. The third-order valence-electron chi connectivity index (χ3n) is 4.61. The van der Waals surface area contributed by atoms with Crippen LogP contribution in [0, 0.1) is 11.3 Å². The SMILES string of the molecule is CC(C)(O)CONC(=O)c1c(N)nc(-c2cccc(C#N)c2)nc1O[C@H]1CC[C@@H](O)C1. The van der Waals surface area contributed by atoms with Crippen molar-refractivity contribution in [1.82, 2.24) is 15.4 Å². The topological polar surface area (TPSA) is 164 Å². The van der Waals surface area contributed by atoms with Crippen molar-refractivity contribution in [3.8, 4) is 23.3 Å². The molecule has 1 saturated carbocycles. The Morgan fingerprint density at radius 1 is 1.39 bits per heavy atom. The molecule has 10 nitrogen and oxygen atoms in total. The molecule has 1 amide bonds. The van der Waals surface area contributed by atoms with Crippen LogP contribution in [0.5, 0.6) is 5.88 Å². The van der Waals surface area contributed by atoms with Crippen molar-refractivity contribution in [1.29, 1.82) is 5.26 Å². The van der Waals surface area contributed by atoms with E-state index in [9.17, 15) is 15.0 Å². The van der Waals surface area contributed by atoms with Gasteiger partial charge in [0.2, 0.25) is 5.88 Å². The van der Waals surface area contributed by atoms with Crippen LogP contribution >= 0.6 is 0 Å². The van der Waals surface area contributed by atoms with Gasteiger partial charge in [-0.15, -0.1) is 0 Å². The van der Waals surface area contributed by atoms with Gasteiger partial charge in [-0.2, -0.15) is 10.2 Å². The predicted molar refractivity (Wildman–Crippen MR) is 111 cm³/mol. The molecule has 0 saturated heterocycles. The Kier molecular flexibility index (Phi) is 6.70. The van der Waals surface area contributed by atoms with E-state index in [1.807, 2.05) is 6.07 Å². The molecular formula is C21H25N5O5. The molecule has 2 atom stereocenters. The fourth-order valence-corrected chi connectivity index (χ4v) is 3.12. The highest BCUT2D eigenvalue weighted by Crippen LogP contribution is 2.30. The Hall–Kier alpha value is -3.26. The molecule has 1 heterocycles. The van der Waals surface area contributed by atoms with Gasteiger partial charge in [0.1, 0.15) is 24.1 Å². The number of hydrogen-bond donors (Lipinski definition) is 4. The van der Waals surface area contributed by atoms with E-state index in [2.05, 4.69) is 15.4 Å². The van der Waals surface area contributed by atoms with Crippen molar-refractivity contribution >= 4 is 11.7 Å². The molecule has 10 heteroatoms. The fourth-order valence-electron chi connectivity index (χ4n) is 3.12. The van der Waals surface area contributed by atoms with Crippen LogP contribution in [0.25, 0.3) is 11.4 Å². The molecule has 0 spiro atoms. The Labute approximate surface area is 179 Å². The van der Waals surface area contributed by atoms with Crippen LogP contribution < -0.4 is 16.0 Å². The molecule has 164 valence electrons. The van der Waals surface area contributed by atoms with E-state index in [4.69, 9.17) is 20.6 Å². The molecule has 5 N–H and O–H groups in total. The average molecular weight is 427 g/mol. The molecular weight excluding hydrogens is 402 g/mol. The van der Waals surface area contributed by atoms with Gasteiger partial charge >= 0.3 is 0 Å². The summed E-state index contributed by atoms with van der Waals surface area (Å²) in [7, 11) is 0. The quantitative estimate of drug-likeness (QED) is 0.477.